The number of anilines is 1. The number of nitrogens with zero attached hydrogens (tertiary/aromatic N) is 5. The number of nitro benzene ring substituents is 1. The molecule has 0 aliphatic heterocycles. The fraction of sp³-hybridized carbons (Fsp3) is 0.294. The van der Waals surface area contributed by atoms with Crippen molar-refractivity contribution in [3.63, 3.8) is 0 Å². The van der Waals surface area contributed by atoms with Gasteiger partial charge in [-0.1, -0.05) is 18.3 Å². The molecule has 0 amide bonds. The van der Waals surface area contributed by atoms with Crippen molar-refractivity contribution < 1.29 is 4.92 Å². The fourth-order valence-corrected chi connectivity index (χ4v) is 4.17. The Morgan fingerprint density at radius 3 is 2.70 bits per heavy atom. The van der Waals surface area contributed by atoms with Crippen LogP contribution in [0.5, 0.6) is 0 Å². The molecule has 4 rings (SSSR count). The average Bonchev–Trinajstić information content (AvgIpc) is 3.39. The van der Waals surface area contributed by atoms with Gasteiger partial charge < -0.3 is 5.32 Å². The monoisotopic (exact) mass is 400 g/mol. The lowest BCUT2D eigenvalue weighted by Crippen LogP contribution is -1.99. The molecule has 0 bridgehead atoms. The fourth-order valence-electron chi connectivity index (χ4n) is 2.37. The molecule has 1 N–H and O–H groups in total. The molecule has 2 heterocycles. The van der Waals surface area contributed by atoms with Crippen LogP contribution in [-0.2, 0) is 6.42 Å². The zero-order chi connectivity index (χ0) is 18.8. The van der Waals surface area contributed by atoms with E-state index in [1.165, 1.54) is 48.1 Å². The number of non-ortho nitro benzene ring substituents is 1. The summed E-state index contributed by atoms with van der Waals surface area (Å²) in [6.45, 7) is 2.03. The maximum atomic E-state index is 10.8. The van der Waals surface area contributed by atoms with Crippen molar-refractivity contribution in [3.05, 3.63) is 46.1 Å². The van der Waals surface area contributed by atoms with Crippen LogP contribution >= 0.6 is 23.1 Å². The lowest BCUT2D eigenvalue weighted by atomic mass is 10.2. The van der Waals surface area contributed by atoms with E-state index < -0.39 is 4.92 Å². The lowest BCUT2D eigenvalue weighted by Gasteiger charge is -2.06. The predicted octanol–water partition coefficient (Wildman–Crippen LogP) is 4.19. The molecule has 8 nitrogen and oxygen atoms in total. The largest absolute Gasteiger partial charge is 0.357 e. The van der Waals surface area contributed by atoms with E-state index in [2.05, 4.69) is 25.5 Å². The van der Waals surface area contributed by atoms with Crippen LogP contribution in [0.15, 0.2) is 39.7 Å². The molecule has 1 fully saturated rings. The van der Waals surface area contributed by atoms with Crippen LogP contribution < -0.4 is 5.32 Å². The van der Waals surface area contributed by atoms with Gasteiger partial charge >= 0.3 is 0 Å². The lowest BCUT2D eigenvalue weighted by molar-refractivity contribution is -0.384. The Kier molecular flexibility index (Phi) is 4.99. The molecule has 0 atom stereocenters. The van der Waals surface area contributed by atoms with Gasteiger partial charge in [0.25, 0.3) is 5.69 Å². The van der Waals surface area contributed by atoms with E-state index in [1.807, 2.05) is 13.0 Å². The summed E-state index contributed by atoms with van der Waals surface area (Å²) in [5.74, 6) is 0.549. The van der Waals surface area contributed by atoms with Crippen LogP contribution in [0.1, 0.15) is 25.5 Å². The van der Waals surface area contributed by atoms with Gasteiger partial charge in [0, 0.05) is 29.4 Å². The number of aryl methyl sites for hydroxylation is 1. The van der Waals surface area contributed by atoms with Crippen LogP contribution in [0, 0.1) is 10.1 Å². The summed E-state index contributed by atoms with van der Waals surface area (Å²) >= 11 is 2.96. The van der Waals surface area contributed by atoms with Gasteiger partial charge in [-0.05, 0) is 49.2 Å². The summed E-state index contributed by atoms with van der Waals surface area (Å²) in [5.41, 5.74) is 1.69. The topological polar surface area (TPSA) is 107 Å². The summed E-state index contributed by atoms with van der Waals surface area (Å²) in [7, 11) is 0. The molecule has 1 aromatic carbocycles. The molecule has 0 saturated heterocycles. The minimum absolute atomic E-state index is 0.0459. The van der Waals surface area contributed by atoms with Crippen molar-refractivity contribution in [1.82, 2.24) is 20.2 Å². The maximum Gasteiger partial charge on any atom is 0.269 e. The second-order valence-electron chi connectivity index (χ2n) is 6.07. The number of benzene rings is 1. The molecule has 3 aromatic rings. The highest BCUT2D eigenvalue weighted by Gasteiger charge is 2.22. The Bertz CT molecular complexity index is 972. The highest BCUT2D eigenvalue weighted by molar-refractivity contribution is 8.01. The Balaban J connectivity index is 1.58. The number of nitro groups is 1. The smallest absolute Gasteiger partial charge is 0.269 e. The molecule has 1 aliphatic rings. The van der Waals surface area contributed by atoms with Crippen molar-refractivity contribution in [2.45, 2.75) is 41.6 Å². The summed E-state index contributed by atoms with van der Waals surface area (Å²) in [5, 5.41) is 24.2. The van der Waals surface area contributed by atoms with E-state index in [4.69, 9.17) is 0 Å². The van der Waals surface area contributed by atoms with E-state index in [1.54, 1.807) is 12.1 Å². The first-order valence-corrected chi connectivity index (χ1v) is 10.1. The number of rotatable bonds is 7. The van der Waals surface area contributed by atoms with Crippen molar-refractivity contribution in [1.29, 1.82) is 0 Å². The van der Waals surface area contributed by atoms with E-state index >= 15 is 0 Å². The number of hydrogen-bond donors (Lipinski definition) is 1. The maximum absolute atomic E-state index is 10.8. The highest BCUT2D eigenvalue weighted by Crippen LogP contribution is 2.34. The molecule has 1 aliphatic carbocycles. The van der Waals surface area contributed by atoms with Crippen molar-refractivity contribution in [2.75, 3.05) is 5.32 Å². The van der Waals surface area contributed by atoms with E-state index in [0.717, 1.165) is 32.2 Å². The molecule has 0 unspecified atom stereocenters. The number of nitrogens with one attached hydrogen (secondary N) is 1. The van der Waals surface area contributed by atoms with Crippen LogP contribution in [-0.4, -0.2) is 31.1 Å². The zero-order valence-corrected chi connectivity index (χ0v) is 16.1. The molecule has 0 spiro atoms. The zero-order valence-electron chi connectivity index (χ0n) is 14.5. The minimum atomic E-state index is -0.420. The van der Waals surface area contributed by atoms with Gasteiger partial charge in [0.05, 0.1) is 4.92 Å². The molecule has 27 heavy (non-hydrogen) atoms. The molecule has 1 saturated carbocycles. The Hall–Kier alpha value is -2.59. The molecular weight excluding hydrogens is 384 g/mol. The number of aromatic nitrogens is 4. The molecule has 2 aromatic heterocycles. The Labute approximate surface area is 163 Å². The first-order chi connectivity index (χ1) is 13.1. The summed E-state index contributed by atoms with van der Waals surface area (Å²) < 4.78 is 0.813. The van der Waals surface area contributed by atoms with E-state index in [-0.39, 0.29) is 5.69 Å². The van der Waals surface area contributed by atoms with Crippen molar-refractivity contribution >= 4 is 33.9 Å². The Morgan fingerprint density at radius 2 is 2.04 bits per heavy atom. The van der Waals surface area contributed by atoms with Crippen LogP contribution in [0.3, 0.4) is 0 Å². The first kappa shape index (κ1) is 17.8. The second-order valence-corrected chi connectivity index (χ2v) is 8.32. The van der Waals surface area contributed by atoms with E-state index in [0.29, 0.717) is 11.9 Å². The van der Waals surface area contributed by atoms with Gasteiger partial charge in [0.15, 0.2) is 10.2 Å². The van der Waals surface area contributed by atoms with Crippen molar-refractivity contribution in [3.8, 4) is 11.4 Å². The summed E-state index contributed by atoms with van der Waals surface area (Å²) in [6.07, 6.45) is 3.14. The van der Waals surface area contributed by atoms with Crippen molar-refractivity contribution in [2.24, 2.45) is 0 Å². The number of hydrogen-bond acceptors (Lipinski definition) is 9. The second kappa shape index (κ2) is 7.57. The third kappa shape index (κ3) is 4.40. The summed E-state index contributed by atoms with van der Waals surface area (Å²) in [4.78, 5) is 19.6. The summed E-state index contributed by atoms with van der Waals surface area (Å²) in [6, 6.07) is 8.74. The third-order valence-corrected chi connectivity index (χ3v) is 5.78. The molecule has 138 valence electrons. The molecule has 10 heteroatoms. The first-order valence-electron chi connectivity index (χ1n) is 8.51. The van der Waals surface area contributed by atoms with Crippen LogP contribution in [0.25, 0.3) is 11.4 Å². The minimum Gasteiger partial charge on any atom is -0.357 e. The van der Waals surface area contributed by atoms with E-state index in [9.17, 15) is 10.1 Å². The predicted molar refractivity (Wildman–Crippen MR) is 104 cm³/mol. The SMILES string of the molecule is CCc1cc(Sc2nnc(NC3CC3)s2)nc(-c2ccc([N+](=O)[O-])cc2)n1. The van der Waals surface area contributed by atoms with Gasteiger partial charge in [0.2, 0.25) is 5.13 Å². The molecular formula is C17H16N6O2S2. The van der Waals surface area contributed by atoms with Gasteiger partial charge in [-0.15, -0.1) is 10.2 Å². The average molecular weight is 400 g/mol. The highest BCUT2D eigenvalue weighted by atomic mass is 32.2. The van der Waals surface area contributed by atoms with Crippen LogP contribution in [0.4, 0.5) is 10.8 Å². The van der Waals surface area contributed by atoms with Gasteiger partial charge in [-0.3, -0.25) is 10.1 Å². The quantitative estimate of drug-likeness (QED) is 0.357. The standard InChI is InChI=1S/C17H16N6O2S2/c1-2-11-9-14(26-17-22-21-16(27-17)19-12-5-6-12)20-15(18-11)10-3-7-13(8-4-10)23(24)25/h3-4,7-9,12H,2,5-6H2,1H3,(H,19,21). The van der Waals surface area contributed by atoms with Gasteiger partial charge in [-0.2, -0.15) is 0 Å². The Morgan fingerprint density at radius 1 is 1.26 bits per heavy atom. The van der Waals surface area contributed by atoms with Gasteiger partial charge in [-0.25, -0.2) is 9.97 Å². The third-order valence-electron chi connectivity index (χ3n) is 3.96. The normalized spacial score (nSPS) is 13.5. The molecule has 0 radical (unpaired) electrons. The van der Waals surface area contributed by atoms with Crippen LogP contribution in [0.2, 0.25) is 0 Å². The van der Waals surface area contributed by atoms with Gasteiger partial charge in [0.1, 0.15) is 5.03 Å².